The van der Waals surface area contributed by atoms with E-state index in [4.69, 9.17) is 14.3 Å². The lowest BCUT2D eigenvalue weighted by Gasteiger charge is -2.18. The molecule has 0 bridgehead atoms. The van der Waals surface area contributed by atoms with Gasteiger partial charge in [0.25, 0.3) is 0 Å². The smallest absolute Gasteiger partial charge is 0.303 e. The Morgan fingerprint density at radius 2 is 1.57 bits per heavy atom. The molecular weight excluding hydrogens is 287 g/mol. The van der Waals surface area contributed by atoms with Crippen LogP contribution < -0.4 is 0 Å². The molecule has 0 heterocycles. The molecule has 0 radical (unpaired) electrons. The fraction of sp³-hybridized carbons (Fsp3) is 0.625. The second kappa shape index (κ2) is 9.37. The number of hydrogen-bond donors (Lipinski definition) is 2. The Morgan fingerprint density at radius 3 is 2.10 bits per heavy atom. The molecule has 0 aliphatic rings. The molecule has 0 spiro atoms. The number of rotatable bonds is 10. The molecule has 5 heteroatoms. The Hall–Kier alpha value is -0.670. The Morgan fingerprint density at radius 1 is 1.00 bits per heavy atom. The number of hydrogen-bond acceptors (Lipinski definition) is 2. The number of phosphoric acid groups is 1. The highest BCUT2D eigenvalue weighted by molar-refractivity contribution is 7.46. The van der Waals surface area contributed by atoms with E-state index in [0.717, 1.165) is 30.7 Å². The van der Waals surface area contributed by atoms with Crippen LogP contribution in [0.3, 0.4) is 0 Å². The van der Waals surface area contributed by atoms with Gasteiger partial charge < -0.3 is 9.79 Å². The topological polar surface area (TPSA) is 66.8 Å². The standard InChI is InChI=1S/C16H27O4P/c1-14(2)10-6-3-4-9-13-16(20-21(17,18)19)15-11-7-5-8-12-15/h5,7-8,11-12,14,16H,3-4,6,9-10,13H2,1-2H3,(H2,17,18,19). The predicted molar refractivity (Wildman–Crippen MR) is 84.9 cm³/mol. The minimum absolute atomic E-state index is 0.530. The van der Waals surface area contributed by atoms with Crippen LogP contribution in [0.1, 0.15) is 64.0 Å². The molecule has 21 heavy (non-hydrogen) atoms. The lowest BCUT2D eigenvalue weighted by molar-refractivity contribution is 0.125. The molecule has 1 aromatic rings. The minimum atomic E-state index is -4.46. The van der Waals surface area contributed by atoms with Crippen LogP contribution in [0.15, 0.2) is 30.3 Å². The first-order chi connectivity index (χ1) is 9.88. The summed E-state index contributed by atoms with van der Waals surface area (Å²) in [6, 6.07) is 9.28. The van der Waals surface area contributed by atoms with Crippen molar-refractivity contribution in [2.24, 2.45) is 5.92 Å². The van der Waals surface area contributed by atoms with Crippen LogP contribution in [0, 0.1) is 5.92 Å². The van der Waals surface area contributed by atoms with Crippen molar-refractivity contribution in [3.63, 3.8) is 0 Å². The molecule has 2 N–H and O–H groups in total. The molecule has 0 aromatic heterocycles. The average molecular weight is 314 g/mol. The Kier molecular flexibility index (Phi) is 8.20. The fourth-order valence-electron chi connectivity index (χ4n) is 2.35. The predicted octanol–water partition coefficient (Wildman–Crippen LogP) is 4.83. The summed E-state index contributed by atoms with van der Waals surface area (Å²) in [5.41, 5.74) is 0.822. The summed E-state index contributed by atoms with van der Waals surface area (Å²) >= 11 is 0. The molecule has 1 aromatic carbocycles. The van der Waals surface area contributed by atoms with Crippen molar-refractivity contribution in [1.29, 1.82) is 0 Å². The van der Waals surface area contributed by atoms with Gasteiger partial charge in [-0.3, -0.25) is 4.52 Å². The van der Waals surface area contributed by atoms with Crippen molar-refractivity contribution in [2.45, 2.75) is 58.5 Å². The maximum absolute atomic E-state index is 11.1. The molecule has 1 rings (SSSR count). The van der Waals surface area contributed by atoms with E-state index in [9.17, 15) is 4.57 Å². The highest BCUT2D eigenvalue weighted by atomic mass is 31.2. The van der Waals surface area contributed by atoms with Crippen LogP contribution in [0.25, 0.3) is 0 Å². The molecule has 0 aliphatic carbocycles. The van der Waals surface area contributed by atoms with Gasteiger partial charge in [-0.2, -0.15) is 0 Å². The summed E-state index contributed by atoms with van der Waals surface area (Å²) in [4.78, 5) is 18.1. The van der Waals surface area contributed by atoms with Crippen molar-refractivity contribution in [3.8, 4) is 0 Å². The van der Waals surface area contributed by atoms with Gasteiger partial charge in [0.2, 0.25) is 0 Å². The van der Waals surface area contributed by atoms with E-state index in [2.05, 4.69) is 13.8 Å². The SMILES string of the molecule is CC(C)CCCCCCC(OP(=O)(O)O)c1ccccc1. The zero-order valence-electron chi connectivity index (χ0n) is 12.9. The molecule has 1 atom stereocenters. The van der Waals surface area contributed by atoms with Crippen molar-refractivity contribution in [1.82, 2.24) is 0 Å². The number of unbranched alkanes of at least 4 members (excludes halogenated alkanes) is 3. The molecule has 1 unspecified atom stereocenters. The van der Waals surface area contributed by atoms with Crippen molar-refractivity contribution in [3.05, 3.63) is 35.9 Å². The van der Waals surface area contributed by atoms with Crippen LogP contribution in [-0.4, -0.2) is 9.79 Å². The third-order valence-corrected chi connectivity index (χ3v) is 3.96. The van der Waals surface area contributed by atoms with E-state index in [1.54, 1.807) is 0 Å². The molecular formula is C16H27O4P. The fourth-order valence-corrected chi connectivity index (χ4v) is 2.91. The quantitative estimate of drug-likeness (QED) is 0.479. The van der Waals surface area contributed by atoms with Gasteiger partial charge in [0.1, 0.15) is 0 Å². The summed E-state index contributed by atoms with van der Waals surface area (Å²) in [6.07, 6.45) is 5.70. The highest BCUT2D eigenvalue weighted by Gasteiger charge is 2.23. The van der Waals surface area contributed by atoms with Gasteiger partial charge in [0, 0.05) is 0 Å². The van der Waals surface area contributed by atoms with Gasteiger partial charge in [-0.05, 0) is 17.9 Å². The van der Waals surface area contributed by atoms with Gasteiger partial charge >= 0.3 is 7.82 Å². The van der Waals surface area contributed by atoms with Gasteiger partial charge in [0.15, 0.2) is 0 Å². The lowest BCUT2D eigenvalue weighted by Crippen LogP contribution is -2.03. The van der Waals surface area contributed by atoms with E-state index >= 15 is 0 Å². The average Bonchev–Trinajstić information content (AvgIpc) is 2.40. The molecule has 4 nitrogen and oxygen atoms in total. The van der Waals surface area contributed by atoms with Crippen molar-refractivity contribution in [2.75, 3.05) is 0 Å². The Balaban J connectivity index is 2.42. The van der Waals surface area contributed by atoms with E-state index in [0.29, 0.717) is 6.42 Å². The van der Waals surface area contributed by atoms with Crippen LogP contribution in [0.5, 0.6) is 0 Å². The highest BCUT2D eigenvalue weighted by Crippen LogP contribution is 2.44. The van der Waals surface area contributed by atoms with E-state index < -0.39 is 13.9 Å². The maximum Gasteiger partial charge on any atom is 0.470 e. The monoisotopic (exact) mass is 314 g/mol. The summed E-state index contributed by atoms with van der Waals surface area (Å²) in [7, 11) is -4.46. The second-order valence-electron chi connectivity index (χ2n) is 5.88. The van der Waals surface area contributed by atoms with Gasteiger partial charge in [-0.25, -0.2) is 4.57 Å². The van der Waals surface area contributed by atoms with Gasteiger partial charge in [-0.1, -0.05) is 76.3 Å². The minimum Gasteiger partial charge on any atom is -0.303 e. The molecule has 0 fully saturated rings. The first-order valence-corrected chi connectivity index (χ1v) is 9.20. The normalized spacial score (nSPS) is 13.6. The zero-order valence-corrected chi connectivity index (χ0v) is 13.8. The van der Waals surface area contributed by atoms with Crippen LogP contribution in [-0.2, 0) is 9.09 Å². The molecule has 0 amide bonds. The van der Waals surface area contributed by atoms with Crippen LogP contribution >= 0.6 is 7.82 Å². The van der Waals surface area contributed by atoms with E-state index in [-0.39, 0.29) is 0 Å². The second-order valence-corrected chi connectivity index (χ2v) is 7.07. The maximum atomic E-state index is 11.1. The lowest BCUT2D eigenvalue weighted by atomic mass is 10.0. The van der Waals surface area contributed by atoms with Crippen molar-refractivity contribution >= 4 is 7.82 Å². The van der Waals surface area contributed by atoms with Crippen LogP contribution in [0.4, 0.5) is 0 Å². The molecule has 0 saturated carbocycles. The number of phosphoric ester groups is 1. The third-order valence-electron chi connectivity index (χ3n) is 3.43. The van der Waals surface area contributed by atoms with E-state index in [1.807, 2.05) is 30.3 Å². The first kappa shape index (κ1) is 18.4. The Bertz CT molecular complexity index is 427. The summed E-state index contributed by atoms with van der Waals surface area (Å²) in [6.45, 7) is 4.44. The van der Waals surface area contributed by atoms with E-state index in [1.165, 1.54) is 12.8 Å². The first-order valence-electron chi connectivity index (χ1n) is 7.67. The summed E-state index contributed by atoms with van der Waals surface area (Å²) < 4.78 is 16.0. The number of benzene rings is 1. The molecule has 120 valence electrons. The van der Waals surface area contributed by atoms with Crippen molar-refractivity contribution < 1.29 is 18.9 Å². The molecule has 0 saturated heterocycles. The Labute approximate surface area is 127 Å². The zero-order chi connectivity index (χ0) is 15.7. The summed E-state index contributed by atoms with van der Waals surface area (Å²) in [5, 5.41) is 0. The third kappa shape index (κ3) is 9.05. The summed E-state index contributed by atoms with van der Waals surface area (Å²) in [5.74, 6) is 0.736. The van der Waals surface area contributed by atoms with Gasteiger partial charge in [0.05, 0.1) is 6.10 Å². The van der Waals surface area contributed by atoms with Gasteiger partial charge in [-0.15, -0.1) is 0 Å². The molecule has 0 aliphatic heterocycles. The largest absolute Gasteiger partial charge is 0.470 e. The van der Waals surface area contributed by atoms with Crippen LogP contribution in [0.2, 0.25) is 0 Å².